The quantitative estimate of drug-likeness (QED) is 0.686. The first-order chi connectivity index (χ1) is 8.38. The number of hydrogen-bond donors (Lipinski definition) is 0. The van der Waals surface area contributed by atoms with Gasteiger partial charge < -0.3 is 0 Å². The molecule has 2 aromatic rings. The van der Waals surface area contributed by atoms with Gasteiger partial charge in [-0.1, -0.05) is 12.1 Å². The number of benzene rings is 1. The molecule has 1 nitrogen and oxygen atoms in total. The maximum absolute atomic E-state index is 12.5. The summed E-state index contributed by atoms with van der Waals surface area (Å²) in [6.07, 6.45) is -4.31. The number of alkyl halides is 3. The van der Waals surface area contributed by atoms with Crippen LogP contribution in [0.4, 0.5) is 13.2 Å². The Morgan fingerprint density at radius 2 is 1.83 bits per heavy atom. The van der Waals surface area contributed by atoms with Crippen LogP contribution in [-0.2, 0) is 6.18 Å². The molecule has 0 saturated heterocycles. The third kappa shape index (κ3) is 2.72. The Hall–Kier alpha value is -1.36. The van der Waals surface area contributed by atoms with Crippen molar-refractivity contribution in [2.45, 2.75) is 13.1 Å². The highest BCUT2D eigenvalue weighted by Gasteiger charge is 2.30. The van der Waals surface area contributed by atoms with Gasteiger partial charge in [0.25, 0.3) is 0 Å². The van der Waals surface area contributed by atoms with E-state index in [2.05, 4.69) is 20.9 Å². The van der Waals surface area contributed by atoms with Crippen molar-refractivity contribution >= 4 is 15.9 Å². The van der Waals surface area contributed by atoms with Crippen LogP contribution >= 0.6 is 15.9 Å². The van der Waals surface area contributed by atoms with Gasteiger partial charge in [-0.25, -0.2) is 4.98 Å². The first-order valence-corrected chi connectivity index (χ1v) is 5.98. The fraction of sp³-hybridized carbons (Fsp3) is 0.154. The first-order valence-electron chi connectivity index (χ1n) is 5.19. The van der Waals surface area contributed by atoms with Crippen molar-refractivity contribution in [2.75, 3.05) is 0 Å². The van der Waals surface area contributed by atoms with E-state index >= 15 is 0 Å². The van der Waals surface area contributed by atoms with Crippen molar-refractivity contribution in [3.63, 3.8) is 0 Å². The van der Waals surface area contributed by atoms with Crippen LogP contribution in [0.3, 0.4) is 0 Å². The van der Waals surface area contributed by atoms with Crippen LogP contribution in [0.25, 0.3) is 11.3 Å². The van der Waals surface area contributed by atoms with Gasteiger partial charge in [-0.3, -0.25) is 0 Å². The summed E-state index contributed by atoms with van der Waals surface area (Å²) in [6.45, 7) is 1.65. The van der Waals surface area contributed by atoms with Gasteiger partial charge in [0.2, 0.25) is 0 Å². The number of aryl methyl sites for hydroxylation is 1. The summed E-state index contributed by atoms with van der Waals surface area (Å²) in [5, 5.41) is 0. The lowest BCUT2D eigenvalue weighted by molar-refractivity contribution is -0.137. The Morgan fingerprint density at radius 3 is 2.39 bits per heavy atom. The van der Waals surface area contributed by atoms with Gasteiger partial charge in [-0.15, -0.1) is 0 Å². The highest BCUT2D eigenvalue weighted by atomic mass is 79.9. The predicted octanol–water partition coefficient (Wildman–Crippen LogP) is 4.84. The van der Waals surface area contributed by atoms with E-state index in [4.69, 9.17) is 0 Å². The zero-order valence-corrected chi connectivity index (χ0v) is 11.0. The molecule has 1 aromatic heterocycles. The summed E-state index contributed by atoms with van der Waals surface area (Å²) in [4.78, 5) is 4.23. The molecule has 0 aliphatic heterocycles. The SMILES string of the molecule is Cc1cc(C(F)(F)F)ccc1-c1cccc(Br)n1. The standard InChI is InChI=1S/C13H9BrF3N/c1-8-7-9(13(15,16)17)5-6-10(8)11-3-2-4-12(14)18-11/h2-7H,1H3. The molecule has 0 spiro atoms. The monoisotopic (exact) mass is 315 g/mol. The lowest BCUT2D eigenvalue weighted by Gasteiger charge is -2.10. The molecule has 0 aliphatic rings. The summed E-state index contributed by atoms with van der Waals surface area (Å²) >= 11 is 3.24. The molecule has 0 aliphatic carbocycles. The van der Waals surface area contributed by atoms with Crippen LogP contribution in [0.1, 0.15) is 11.1 Å². The summed E-state index contributed by atoms with van der Waals surface area (Å²) in [7, 11) is 0. The molecule has 2 rings (SSSR count). The second-order valence-corrected chi connectivity index (χ2v) is 4.69. The minimum Gasteiger partial charge on any atom is -0.241 e. The van der Waals surface area contributed by atoms with Gasteiger partial charge in [-0.2, -0.15) is 13.2 Å². The Labute approximate surface area is 111 Å². The highest BCUT2D eigenvalue weighted by molar-refractivity contribution is 9.10. The first kappa shape index (κ1) is 13.1. The normalized spacial score (nSPS) is 11.6. The largest absolute Gasteiger partial charge is 0.416 e. The van der Waals surface area contributed by atoms with E-state index in [1.54, 1.807) is 25.1 Å². The van der Waals surface area contributed by atoms with Crippen molar-refractivity contribution in [1.29, 1.82) is 0 Å². The van der Waals surface area contributed by atoms with E-state index in [0.717, 1.165) is 12.1 Å². The molecule has 0 fully saturated rings. The van der Waals surface area contributed by atoms with Gasteiger partial charge in [0.1, 0.15) is 4.60 Å². The van der Waals surface area contributed by atoms with Gasteiger partial charge >= 0.3 is 6.18 Å². The topological polar surface area (TPSA) is 12.9 Å². The Morgan fingerprint density at radius 1 is 1.11 bits per heavy atom. The number of rotatable bonds is 1. The Kier molecular flexibility index (Phi) is 3.43. The van der Waals surface area contributed by atoms with Crippen LogP contribution in [0, 0.1) is 6.92 Å². The molecule has 0 saturated carbocycles. The molecule has 1 aromatic carbocycles. The molecule has 0 bridgehead atoms. The summed E-state index contributed by atoms with van der Waals surface area (Å²) in [6, 6.07) is 8.99. The van der Waals surface area contributed by atoms with Gasteiger partial charge in [0, 0.05) is 5.56 Å². The lowest BCUT2D eigenvalue weighted by Crippen LogP contribution is -2.05. The highest BCUT2D eigenvalue weighted by Crippen LogP contribution is 2.32. The number of aromatic nitrogens is 1. The molecule has 0 N–H and O–H groups in total. The molecular formula is C13H9BrF3N. The molecule has 0 unspecified atom stereocenters. The second kappa shape index (κ2) is 4.72. The molecule has 0 radical (unpaired) electrons. The van der Waals surface area contributed by atoms with Gasteiger partial charge in [-0.05, 0) is 52.7 Å². The Bertz CT molecular complexity index is 579. The van der Waals surface area contributed by atoms with Crippen molar-refractivity contribution in [3.8, 4) is 11.3 Å². The van der Waals surface area contributed by atoms with E-state index in [9.17, 15) is 13.2 Å². The maximum Gasteiger partial charge on any atom is 0.416 e. The molecule has 5 heteroatoms. The molecule has 1 heterocycles. The van der Waals surface area contributed by atoms with Gasteiger partial charge in [0.05, 0.1) is 11.3 Å². The fourth-order valence-electron chi connectivity index (χ4n) is 1.69. The lowest BCUT2D eigenvalue weighted by atomic mass is 10.0. The minimum absolute atomic E-state index is 0.551. The van der Waals surface area contributed by atoms with Crippen LogP contribution < -0.4 is 0 Å². The number of hydrogen-bond acceptors (Lipinski definition) is 1. The minimum atomic E-state index is -4.31. The van der Waals surface area contributed by atoms with Crippen LogP contribution in [0.2, 0.25) is 0 Å². The molecular weight excluding hydrogens is 307 g/mol. The number of pyridine rings is 1. The third-order valence-corrected chi connectivity index (χ3v) is 2.99. The zero-order valence-electron chi connectivity index (χ0n) is 9.42. The zero-order chi connectivity index (χ0) is 13.3. The van der Waals surface area contributed by atoms with E-state index in [1.165, 1.54) is 6.07 Å². The van der Waals surface area contributed by atoms with Crippen LogP contribution in [0.15, 0.2) is 41.0 Å². The van der Waals surface area contributed by atoms with Crippen molar-refractivity contribution in [1.82, 2.24) is 4.98 Å². The van der Waals surface area contributed by atoms with E-state index in [0.29, 0.717) is 21.4 Å². The maximum atomic E-state index is 12.5. The van der Waals surface area contributed by atoms with E-state index in [-0.39, 0.29) is 0 Å². The third-order valence-electron chi connectivity index (χ3n) is 2.54. The van der Waals surface area contributed by atoms with E-state index in [1.807, 2.05) is 0 Å². The smallest absolute Gasteiger partial charge is 0.241 e. The Balaban J connectivity index is 2.48. The molecule has 18 heavy (non-hydrogen) atoms. The predicted molar refractivity (Wildman–Crippen MR) is 67.1 cm³/mol. The van der Waals surface area contributed by atoms with Crippen LogP contribution in [-0.4, -0.2) is 4.98 Å². The molecule has 0 amide bonds. The number of nitrogens with zero attached hydrogens (tertiary/aromatic N) is 1. The molecule has 0 atom stereocenters. The molecule has 94 valence electrons. The summed E-state index contributed by atoms with van der Waals surface area (Å²) in [5.74, 6) is 0. The fourth-order valence-corrected chi connectivity index (χ4v) is 2.03. The van der Waals surface area contributed by atoms with Gasteiger partial charge in [0.15, 0.2) is 0 Å². The van der Waals surface area contributed by atoms with Crippen molar-refractivity contribution in [2.24, 2.45) is 0 Å². The second-order valence-electron chi connectivity index (χ2n) is 3.87. The average molecular weight is 316 g/mol. The summed E-state index contributed by atoms with van der Waals surface area (Å²) < 4.78 is 38.3. The number of halogens is 4. The van der Waals surface area contributed by atoms with Crippen molar-refractivity contribution in [3.05, 3.63) is 52.1 Å². The average Bonchev–Trinajstić information content (AvgIpc) is 2.27. The van der Waals surface area contributed by atoms with E-state index < -0.39 is 11.7 Å². The van der Waals surface area contributed by atoms with Crippen molar-refractivity contribution < 1.29 is 13.2 Å². The van der Waals surface area contributed by atoms with Crippen LogP contribution in [0.5, 0.6) is 0 Å². The summed E-state index contributed by atoms with van der Waals surface area (Å²) in [5.41, 5.74) is 1.26.